The zero-order chi connectivity index (χ0) is 15.7. The number of carbonyl (C=O) groups excluding carboxylic acids is 1. The molecule has 1 aliphatic rings. The highest BCUT2D eigenvalue weighted by Gasteiger charge is 2.26. The summed E-state index contributed by atoms with van der Waals surface area (Å²) in [4.78, 5) is 23.1. The van der Waals surface area contributed by atoms with Gasteiger partial charge in [0, 0.05) is 23.5 Å². The highest BCUT2D eigenvalue weighted by Crippen LogP contribution is 2.23. The Balaban J connectivity index is 1.65. The molecule has 22 heavy (non-hydrogen) atoms. The van der Waals surface area contributed by atoms with E-state index in [4.69, 9.17) is 21.1 Å². The Morgan fingerprint density at radius 1 is 1.27 bits per heavy atom. The van der Waals surface area contributed by atoms with Crippen molar-refractivity contribution in [2.45, 2.75) is 12.8 Å². The number of hydrogen-bond acceptors (Lipinski definition) is 4. The van der Waals surface area contributed by atoms with Crippen LogP contribution in [0.4, 0.5) is 0 Å². The summed E-state index contributed by atoms with van der Waals surface area (Å²) in [7, 11) is 0. The fourth-order valence-electron chi connectivity index (χ4n) is 2.56. The van der Waals surface area contributed by atoms with Crippen molar-refractivity contribution in [3.63, 3.8) is 0 Å². The van der Waals surface area contributed by atoms with Gasteiger partial charge in [0.05, 0.1) is 5.92 Å². The van der Waals surface area contributed by atoms with E-state index in [-0.39, 0.29) is 17.6 Å². The molecule has 1 amide bonds. The molecule has 1 aromatic carbocycles. The van der Waals surface area contributed by atoms with E-state index in [9.17, 15) is 9.59 Å². The Hall–Kier alpha value is -2.05. The minimum Gasteiger partial charge on any atom is -0.481 e. The Morgan fingerprint density at radius 3 is 2.68 bits per heavy atom. The molecular formula is C15H15ClN2O4. The fraction of sp³-hybridized carbons (Fsp3) is 0.333. The average Bonchev–Trinajstić information content (AvgIpc) is 2.91. The second kappa shape index (κ2) is 5.98. The molecule has 0 atom stereocenters. The summed E-state index contributed by atoms with van der Waals surface area (Å²) in [5, 5.41) is 12.0. The van der Waals surface area contributed by atoms with E-state index in [1.54, 1.807) is 29.3 Å². The number of piperidine rings is 1. The van der Waals surface area contributed by atoms with Crippen LogP contribution in [0.25, 0.3) is 11.0 Å². The summed E-state index contributed by atoms with van der Waals surface area (Å²) >= 11 is 5.90. The topological polar surface area (TPSA) is 82.8 Å². The lowest BCUT2D eigenvalue weighted by Crippen LogP contribution is -2.47. The van der Waals surface area contributed by atoms with Crippen LogP contribution in [0.5, 0.6) is 0 Å². The van der Waals surface area contributed by atoms with E-state index < -0.39 is 5.97 Å². The predicted molar refractivity (Wildman–Crippen MR) is 80.6 cm³/mol. The van der Waals surface area contributed by atoms with Crippen molar-refractivity contribution in [1.29, 1.82) is 0 Å². The fourth-order valence-corrected chi connectivity index (χ4v) is 2.74. The van der Waals surface area contributed by atoms with E-state index in [0.717, 1.165) is 5.39 Å². The van der Waals surface area contributed by atoms with Crippen molar-refractivity contribution in [3.8, 4) is 0 Å². The molecule has 1 fully saturated rings. The number of carboxylic acid groups (broad SMARTS) is 1. The molecule has 2 N–H and O–H groups in total. The maximum absolute atomic E-state index is 12.2. The van der Waals surface area contributed by atoms with Crippen LogP contribution in [-0.4, -0.2) is 35.1 Å². The van der Waals surface area contributed by atoms with E-state index >= 15 is 0 Å². The van der Waals surface area contributed by atoms with Crippen molar-refractivity contribution in [1.82, 2.24) is 10.4 Å². The first-order valence-corrected chi connectivity index (χ1v) is 7.38. The molecule has 1 aromatic heterocycles. The van der Waals surface area contributed by atoms with Gasteiger partial charge in [-0.3, -0.25) is 15.0 Å². The van der Waals surface area contributed by atoms with Crippen LogP contribution >= 0.6 is 11.6 Å². The zero-order valence-corrected chi connectivity index (χ0v) is 12.5. The number of hydrazine groups is 1. The molecule has 1 saturated heterocycles. The van der Waals surface area contributed by atoms with Gasteiger partial charge in [-0.05, 0) is 37.1 Å². The third-order valence-electron chi connectivity index (χ3n) is 3.81. The lowest BCUT2D eigenvalue weighted by Gasteiger charge is -2.29. The molecular weight excluding hydrogens is 308 g/mol. The van der Waals surface area contributed by atoms with Gasteiger partial charge in [0.1, 0.15) is 5.58 Å². The van der Waals surface area contributed by atoms with Crippen LogP contribution in [0.3, 0.4) is 0 Å². The minimum atomic E-state index is -0.778. The second-order valence-corrected chi connectivity index (χ2v) is 5.77. The van der Waals surface area contributed by atoms with Gasteiger partial charge >= 0.3 is 11.9 Å². The van der Waals surface area contributed by atoms with Gasteiger partial charge in [0.2, 0.25) is 0 Å². The van der Waals surface area contributed by atoms with Crippen molar-refractivity contribution in [2.24, 2.45) is 5.92 Å². The summed E-state index contributed by atoms with van der Waals surface area (Å²) in [6.07, 6.45) is 1.04. The monoisotopic (exact) mass is 322 g/mol. The summed E-state index contributed by atoms with van der Waals surface area (Å²) in [6, 6.07) is 6.79. The number of carboxylic acids is 1. The number of aliphatic carboxylic acids is 1. The number of rotatable bonds is 3. The van der Waals surface area contributed by atoms with Crippen molar-refractivity contribution < 1.29 is 19.1 Å². The molecule has 7 heteroatoms. The maximum atomic E-state index is 12.2. The normalized spacial score (nSPS) is 16.8. The molecule has 2 heterocycles. The van der Waals surface area contributed by atoms with Gasteiger partial charge in [-0.2, -0.15) is 0 Å². The van der Waals surface area contributed by atoms with E-state index in [2.05, 4.69) is 5.43 Å². The van der Waals surface area contributed by atoms with Gasteiger partial charge in [-0.1, -0.05) is 11.6 Å². The highest BCUT2D eigenvalue weighted by molar-refractivity contribution is 6.31. The third-order valence-corrected chi connectivity index (χ3v) is 4.04. The molecule has 0 unspecified atom stereocenters. The molecule has 1 aliphatic heterocycles. The Kier molecular flexibility index (Phi) is 4.04. The number of benzene rings is 1. The number of amides is 1. The largest absolute Gasteiger partial charge is 0.481 e. The van der Waals surface area contributed by atoms with Crippen LogP contribution < -0.4 is 5.43 Å². The first kappa shape index (κ1) is 14.9. The van der Waals surface area contributed by atoms with E-state index in [0.29, 0.717) is 36.5 Å². The average molecular weight is 323 g/mol. The predicted octanol–water partition coefficient (Wildman–Crippen LogP) is 2.53. The second-order valence-electron chi connectivity index (χ2n) is 5.33. The van der Waals surface area contributed by atoms with Crippen molar-refractivity contribution >= 4 is 34.4 Å². The highest BCUT2D eigenvalue weighted by atomic mass is 35.5. The van der Waals surface area contributed by atoms with E-state index in [1.165, 1.54) is 0 Å². The Morgan fingerprint density at radius 2 is 2.00 bits per heavy atom. The van der Waals surface area contributed by atoms with Gasteiger partial charge in [0.25, 0.3) is 0 Å². The minimum absolute atomic E-state index is 0.206. The Bertz CT molecular complexity index is 719. The molecule has 6 nitrogen and oxygen atoms in total. The van der Waals surface area contributed by atoms with Crippen LogP contribution in [0.15, 0.2) is 28.7 Å². The molecule has 2 aromatic rings. The number of nitrogens with zero attached hydrogens (tertiary/aromatic N) is 1. The number of halogens is 1. The van der Waals surface area contributed by atoms with Crippen LogP contribution in [0, 0.1) is 5.92 Å². The zero-order valence-electron chi connectivity index (χ0n) is 11.7. The molecule has 0 radical (unpaired) electrons. The summed E-state index contributed by atoms with van der Waals surface area (Å²) < 4.78 is 5.49. The molecule has 0 saturated carbocycles. The SMILES string of the molecule is O=C(NN1CCC(C(=O)O)CC1)c1cc2cc(Cl)ccc2o1. The first-order chi connectivity index (χ1) is 10.5. The van der Waals surface area contributed by atoms with Crippen molar-refractivity contribution in [2.75, 3.05) is 13.1 Å². The summed E-state index contributed by atoms with van der Waals surface area (Å²) in [5.74, 6) is -1.25. The lowest BCUT2D eigenvalue weighted by atomic mass is 9.98. The van der Waals surface area contributed by atoms with Gasteiger partial charge < -0.3 is 9.52 Å². The van der Waals surface area contributed by atoms with Gasteiger partial charge in [-0.15, -0.1) is 0 Å². The lowest BCUT2D eigenvalue weighted by molar-refractivity contribution is -0.143. The van der Waals surface area contributed by atoms with Crippen LogP contribution in [0.2, 0.25) is 5.02 Å². The van der Waals surface area contributed by atoms with Gasteiger partial charge in [-0.25, -0.2) is 5.01 Å². The first-order valence-electron chi connectivity index (χ1n) is 7.01. The molecule has 0 spiro atoms. The Labute approximate surface area is 131 Å². The number of furan rings is 1. The number of fused-ring (bicyclic) bond motifs is 1. The maximum Gasteiger partial charge on any atom is 0.306 e. The molecule has 3 rings (SSSR count). The summed E-state index contributed by atoms with van der Waals surface area (Å²) in [6.45, 7) is 1.02. The third kappa shape index (κ3) is 3.08. The number of nitrogens with one attached hydrogen (secondary N) is 1. The smallest absolute Gasteiger partial charge is 0.306 e. The van der Waals surface area contributed by atoms with Gasteiger partial charge in [0.15, 0.2) is 5.76 Å². The molecule has 0 bridgehead atoms. The van der Waals surface area contributed by atoms with Crippen molar-refractivity contribution in [3.05, 3.63) is 35.0 Å². The van der Waals surface area contributed by atoms with Crippen LogP contribution in [-0.2, 0) is 4.79 Å². The molecule has 0 aliphatic carbocycles. The number of carbonyl (C=O) groups is 2. The quantitative estimate of drug-likeness (QED) is 0.907. The van der Waals surface area contributed by atoms with E-state index in [1.807, 2.05) is 0 Å². The number of hydrogen-bond donors (Lipinski definition) is 2. The summed E-state index contributed by atoms with van der Waals surface area (Å²) in [5.41, 5.74) is 3.34. The molecule has 116 valence electrons. The van der Waals surface area contributed by atoms with Crippen LogP contribution in [0.1, 0.15) is 23.4 Å². The standard InChI is InChI=1S/C15H15ClN2O4/c16-11-1-2-12-10(7-11)8-13(22-12)14(19)17-18-5-3-9(4-6-18)15(20)21/h1-2,7-9H,3-6H2,(H,17,19)(H,20,21).